The van der Waals surface area contributed by atoms with E-state index >= 15 is 0 Å². The predicted octanol–water partition coefficient (Wildman–Crippen LogP) is 4.27. The number of nitrogen functional groups attached to an aromatic ring is 1. The van der Waals surface area contributed by atoms with Gasteiger partial charge in [0.1, 0.15) is 0 Å². The Kier molecular flexibility index (Phi) is 3.53. The van der Waals surface area contributed by atoms with E-state index in [1.165, 1.54) is 0 Å². The Hall–Kier alpha value is -2.49. The first-order valence-electron chi connectivity index (χ1n) is 7.58. The lowest BCUT2D eigenvalue weighted by Crippen LogP contribution is -2.00. The van der Waals surface area contributed by atoms with Crippen molar-refractivity contribution in [2.75, 3.05) is 5.73 Å². The highest BCUT2D eigenvalue weighted by molar-refractivity contribution is 5.92. The average molecular weight is 295 g/mol. The fourth-order valence-electron chi connectivity index (χ4n) is 2.81. The van der Waals surface area contributed by atoms with E-state index in [0.29, 0.717) is 5.88 Å². The van der Waals surface area contributed by atoms with E-state index < -0.39 is 0 Å². The molecule has 0 spiro atoms. The molecule has 0 aliphatic carbocycles. The molecule has 0 fully saturated rings. The summed E-state index contributed by atoms with van der Waals surface area (Å²) in [5, 5.41) is 12.3. The summed E-state index contributed by atoms with van der Waals surface area (Å²) in [6.07, 6.45) is 2.96. The molecule has 2 aromatic heterocycles. The third kappa shape index (κ3) is 2.30. The number of aromatic hydroxyl groups is 1. The molecule has 0 aliphatic heterocycles. The first-order valence-corrected chi connectivity index (χ1v) is 7.58. The minimum atomic E-state index is 0.252. The number of nitrogens with zero attached hydrogens (tertiary/aromatic N) is 2. The third-order valence-corrected chi connectivity index (χ3v) is 4.23. The average Bonchev–Trinajstić information content (AvgIpc) is 2.84. The topological polar surface area (TPSA) is 64.1 Å². The molecule has 0 bridgehead atoms. The maximum absolute atomic E-state index is 10.5. The molecule has 0 aliphatic rings. The van der Waals surface area contributed by atoms with Crippen LogP contribution >= 0.6 is 0 Å². The van der Waals surface area contributed by atoms with E-state index in [-0.39, 0.29) is 6.04 Å². The van der Waals surface area contributed by atoms with E-state index in [9.17, 15) is 5.11 Å². The predicted molar refractivity (Wildman–Crippen MR) is 91.0 cm³/mol. The lowest BCUT2D eigenvalue weighted by molar-refractivity contribution is 0.391. The number of pyridine rings is 1. The standard InChI is InChI=1S/C18H21N3O/c1-4-11(2)21-10-14-9-16(13-6-5-7-15(19)8-13)20-12(3)17(14)18(21)22/h5-11,22H,4,19H2,1-3H3. The van der Waals surface area contributed by atoms with Gasteiger partial charge in [0.05, 0.1) is 16.8 Å². The van der Waals surface area contributed by atoms with Gasteiger partial charge in [-0.05, 0) is 38.5 Å². The highest BCUT2D eigenvalue weighted by Crippen LogP contribution is 2.35. The molecule has 1 atom stereocenters. The lowest BCUT2D eigenvalue weighted by atomic mass is 10.1. The molecular formula is C18H21N3O. The van der Waals surface area contributed by atoms with Crippen molar-refractivity contribution in [2.45, 2.75) is 33.2 Å². The van der Waals surface area contributed by atoms with Gasteiger partial charge in [-0.25, -0.2) is 0 Å². The van der Waals surface area contributed by atoms with E-state index in [0.717, 1.165) is 39.8 Å². The van der Waals surface area contributed by atoms with Crippen molar-refractivity contribution in [3.05, 3.63) is 42.2 Å². The maximum atomic E-state index is 10.5. The van der Waals surface area contributed by atoms with Gasteiger partial charge < -0.3 is 15.4 Å². The van der Waals surface area contributed by atoms with E-state index in [1.54, 1.807) is 0 Å². The molecule has 114 valence electrons. The fourth-order valence-corrected chi connectivity index (χ4v) is 2.81. The van der Waals surface area contributed by atoms with Crippen LogP contribution in [0.2, 0.25) is 0 Å². The van der Waals surface area contributed by atoms with Crippen molar-refractivity contribution in [2.24, 2.45) is 0 Å². The number of hydrogen-bond donors (Lipinski definition) is 2. The van der Waals surface area contributed by atoms with Crippen LogP contribution < -0.4 is 5.73 Å². The quantitative estimate of drug-likeness (QED) is 0.709. The number of anilines is 1. The van der Waals surface area contributed by atoms with Gasteiger partial charge in [-0.1, -0.05) is 19.1 Å². The number of aromatic nitrogens is 2. The van der Waals surface area contributed by atoms with Crippen molar-refractivity contribution in [1.82, 2.24) is 9.55 Å². The van der Waals surface area contributed by atoms with Crippen molar-refractivity contribution >= 4 is 16.5 Å². The molecule has 4 nitrogen and oxygen atoms in total. The summed E-state index contributed by atoms with van der Waals surface area (Å²) in [5.41, 5.74) is 9.27. The van der Waals surface area contributed by atoms with Gasteiger partial charge in [0.2, 0.25) is 5.88 Å². The number of rotatable bonds is 3. The van der Waals surface area contributed by atoms with Crippen LogP contribution in [0.5, 0.6) is 5.88 Å². The van der Waals surface area contributed by atoms with Gasteiger partial charge in [-0.15, -0.1) is 0 Å². The summed E-state index contributed by atoms with van der Waals surface area (Å²) in [5.74, 6) is 0.300. The highest BCUT2D eigenvalue weighted by atomic mass is 16.3. The zero-order valence-corrected chi connectivity index (χ0v) is 13.2. The summed E-state index contributed by atoms with van der Waals surface area (Å²) in [4.78, 5) is 4.64. The van der Waals surface area contributed by atoms with Gasteiger partial charge in [0.25, 0.3) is 0 Å². The second kappa shape index (κ2) is 5.37. The maximum Gasteiger partial charge on any atom is 0.201 e. The van der Waals surface area contributed by atoms with E-state index in [4.69, 9.17) is 5.73 Å². The minimum absolute atomic E-state index is 0.252. The van der Waals surface area contributed by atoms with Gasteiger partial charge in [0, 0.05) is 28.9 Å². The minimum Gasteiger partial charge on any atom is -0.494 e. The molecule has 3 aromatic rings. The number of benzene rings is 1. The van der Waals surface area contributed by atoms with Gasteiger partial charge in [-0.2, -0.15) is 0 Å². The van der Waals surface area contributed by atoms with Crippen LogP contribution in [0.3, 0.4) is 0 Å². The molecule has 1 unspecified atom stereocenters. The lowest BCUT2D eigenvalue weighted by Gasteiger charge is -2.11. The zero-order chi connectivity index (χ0) is 15.9. The Labute approximate surface area is 130 Å². The van der Waals surface area contributed by atoms with Crippen molar-refractivity contribution in [3.63, 3.8) is 0 Å². The Morgan fingerprint density at radius 2 is 2.09 bits per heavy atom. The number of nitrogens with two attached hydrogens (primary N) is 1. The molecule has 4 heteroatoms. The van der Waals surface area contributed by atoms with E-state index in [2.05, 4.69) is 18.8 Å². The summed E-state index contributed by atoms with van der Waals surface area (Å²) in [6.45, 7) is 6.14. The van der Waals surface area contributed by atoms with Gasteiger partial charge in [-0.3, -0.25) is 4.98 Å². The molecule has 0 radical (unpaired) electrons. The first-order chi connectivity index (χ1) is 10.5. The summed E-state index contributed by atoms with van der Waals surface area (Å²) in [6, 6.07) is 9.96. The van der Waals surface area contributed by atoms with Crippen LogP contribution in [0.4, 0.5) is 5.69 Å². The summed E-state index contributed by atoms with van der Waals surface area (Å²) in [7, 11) is 0. The number of fused-ring (bicyclic) bond motifs is 1. The molecule has 0 saturated heterocycles. The van der Waals surface area contributed by atoms with Crippen molar-refractivity contribution in [1.29, 1.82) is 0 Å². The van der Waals surface area contributed by atoms with E-state index in [1.807, 2.05) is 48.0 Å². The Bertz CT molecular complexity index is 836. The van der Waals surface area contributed by atoms with Crippen molar-refractivity contribution in [3.8, 4) is 17.1 Å². The highest BCUT2D eigenvalue weighted by Gasteiger charge is 2.16. The van der Waals surface area contributed by atoms with Crippen LogP contribution in [0.15, 0.2) is 36.5 Å². The molecule has 1 aromatic carbocycles. The van der Waals surface area contributed by atoms with Gasteiger partial charge >= 0.3 is 0 Å². The SMILES string of the molecule is CCC(C)n1cc2cc(-c3cccc(N)c3)nc(C)c2c1O. The largest absolute Gasteiger partial charge is 0.494 e. The van der Waals surface area contributed by atoms with Crippen LogP contribution in [-0.2, 0) is 0 Å². The molecular weight excluding hydrogens is 274 g/mol. The molecule has 2 heterocycles. The zero-order valence-electron chi connectivity index (χ0n) is 13.2. The smallest absolute Gasteiger partial charge is 0.201 e. The molecule has 22 heavy (non-hydrogen) atoms. The van der Waals surface area contributed by atoms with Crippen LogP contribution in [-0.4, -0.2) is 14.7 Å². The Morgan fingerprint density at radius 1 is 1.32 bits per heavy atom. The summed E-state index contributed by atoms with van der Waals surface area (Å²) < 4.78 is 1.92. The van der Waals surface area contributed by atoms with Crippen molar-refractivity contribution < 1.29 is 5.11 Å². The van der Waals surface area contributed by atoms with Crippen LogP contribution in [0, 0.1) is 6.92 Å². The second-order valence-electron chi connectivity index (χ2n) is 5.80. The molecule has 3 rings (SSSR count). The monoisotopic (exact) mass is 295 g/mol. The van der Waals surface area contributed by atoms with Crippen LogP contribution in [0.25, 0.3) is 22.0 Å². The Balaban J connectivity index is 2.20. The third-order valence-electron chi connectivity index (χ3n) is 4.23. The normalized spacial score (nSPS) is 12.7. The fraction of sp³-hybridized carbons (Fsp3) is 0.278. The van der Waals surface area contributed by atoms with Crippen LogP contribution in [0.1, 0.15) is 32.0 Å². The van der Waals surface area contributed by atoms with Gasteiger partial charge in [0.15, 0.2) is 0 Å². The number of hydrogen-bond acceptors (Lipinski definition) is 3. The molecule has 0 amide bonds. The second-order valence-corrected chi connectivity index (χ2v) is 5.80. The first kappa shape index (κ1) is 14.4. The molecule has 3 N–H and O–H groups in total. The number of aryl methyl sites for hydroxylation is 1. The summed E-state index contributed by atoms with van der Waals surface area (Å²) >= 11 is 0. The Morgan fingerprint density at radius 3 is 2.77 bits per heavy atom. The molecule has 0 saturated carbocycles.